The van der Waals surface area contributed by atoms with Crippen LogP contribution in [0.2, 0.25) is 5.15 Å². The molecule has 0 saturated heterocycles. The molecule has 3 aromatic rings. The van der Waals surface area contributed by atoms with Crippen molar-refractivity contribution in [1.29, 1.82) is 5.26 Å². The van der Waals surface area contributed by atoms with E-state index >= 15 is 0 Å². The highest BCUT2D eigenvalue weighted by molar-refractivity contribution is 7.21. The van der Waals surface area contributed by atoms with Crippen LogP contribution in [0, 0.1) is 11.3 Å². The molecule has 7 nitrogen and oxygen atoms in total. The van der Waals surface area contributed by atoms with Crippen molar-refractivity contribution in [2.24, 2.45) is 0 Å². The van der Waals surface area contributed by atoms with E-state index in [4.69, 9.17) is 28.3 Å². The summed E-state index contributed by atoms with van der Waals surface area (Å²) in [5, 5.41) is 12.3. The molecule has 0 aliphatic rings. The van der Waals surface area contributed by atoms with Crippen molar-refractivity contribution in [1.82, 2.24) is 9.97 Å². The molecule has 3 heterocycles. The van der Waals surface area contributed by atoms with Gasteiger partial charge < -0.3 is 16.8 Å². The van der Waals surface area contributed by atoms with Gasteiger partial charge in [0.1, 0.15) is 21.6 Å². The van der Waals surface area contributed by atoms with Crippen LogP contribution in [0.15, 0.2) is 24.4 Å². The van der Waals surface area contributed by atoms with Crippen molar-refractivity contribution < 1.29 is 4.79 Å². The normalized spacial score (nSPS) is 10.4. The molecule has 5 N–H and O–H groups in total. The van der Waals surface area contributed by atoms with Gasteiger partial charge >= 0.3 is 0 Å². The second-order valence-corrected chi connectivity index (χ2v) is 5.88. The van der Waals surface area contributed by atoms with Crippen molar-refractivity contribution in [3.8, 4) is 6.07 Å². The Bertz CT molecular complexity index is 977. The number of nitrogens with zero attached hydrogens (tertiary/aromatic N) is 3. The third-order valence-electron chi connectivity index (χ3n) is 3.08. The van der Waals surface area contributed by atoms with Crippen LogP contribution in [0.4, 0.5) is 17.2 Å². The topological polar surface area (TPSA) is 131 Å². The lowest BCUT2D eigenvalue weighted by Gasteiger charge is -2.05. The molecule has 0 aliphatic heterocycles. The molecule has 0 aromatic carbocycles. The predicted molar refractivity (Wildman–Crippen MR) is 90.4 cm³/mol. The van der Waals surface area contributed by atoms with Crippen molar-refractivity contribution in [3.63, 3.8) is 0 Å². The Morgan fingerprint density at radius 3 is 2.91 bits per heavy atom. The van der Waals surface area contributed by atoms with E-state index in [1.807, 2.05) is 6.07 Å². The van der Waals surface area contributed by atoms with E-state index in [0.717, 1.165) is 11.3 Å². The zero-order valence-corrected chi connectivity index (χ0v) is 13.1. The molecular formula is C14H9ClN6OS. The van der Waals surface area contributed by atoms with E-state index in [2.05, 4.69) is 15.3 Å². The lowest BCUT2D eigenvalue weighted by molar-refractivity contribution is 0.103. The summed E-state index contributed by atoms with van der Waals surface area (Å²) in [6, 6.07) is 6.74. The van der Waals surface area contributed by atoms with Crippen LogP contribution in [0.25, 0.3) is 10.2 Å². The van der Waals surface area contributed by atoms with E-state index < -0.39 is 5.91 Å². The second-order valence-electron chi connectivity index (χ2n) is 4.53. The molecule has 0 spiro atoms. The number of nitrogens with two attached hydrogens (primary N) is 2. The molecule has 0 fully saturated rings. The molecule has 0 radical (unpaired) electrons. The minimum absolute atomic E-state index is 0.100. The number of pyridine rings is 2. The molecule has 23 heavy (non-hydrogen) atoms. The zero-order valence-electron chi connectivity index (χ0n) is 11.5. The maximum Gasteiger partial charge on any atom is 0.268 e. The summed E-state index contributed by atoms with van der Waals surface area (Å²) in [5.41, 5.74) is 12.5. The first-order chi connectivity index (χ1) is 11.0. The number of rotatable bonds is 2. The number of fused-ring (bicyclic) bond motifs is 1. The van der Waals surface area contributed by atoms with E-state index in [0.29, 0.717) is 15.9 Å². The fraction of sp³-hybridized carbons (Fsp3) is 0. The first-order valence-electron chi connectivity index (χ1n) is 6.31. The highest BCUT2D eigenvalue weighted by Gasteiger charge is 2.19. The maximum absolute atomic E-state index is 12.4. The standard InChI is InChI=1S/C14H9ClN6OS/c15-11-8(2-1-3-19-11)20-13(22)10-9(17)7-4-6(5-16)12(18)21-14(7)23-10/h1-4H,17H2,(H2,18,21)(H,20,22). The third kappa shape index (κ3) is 2.63. The van der Waals surface area contributed by atoms with Crippen LogP contribution in [0.3, 0.4) is 0 Å². The lowest BCUT2D eigenvalue weighted by atomic mass is 10.2. The van der Waals surface area contributed by atoms with Gasteiger partial charge in [0, 0.05) is 11.6 Å². The molecule has 1 amide bonds. The number of nitrogen functional groups attached to an aromatic ring is 2. The van der Waals surface area contributed by atoms with Crippen LogP contribution >= 0.6 is 22.9 Å². The number of thiophene rings is 1. The summed E-state index contributed by atoms with van der Waals surface area (Å²) in [4.78, 5) is 21.2. The predicted octanol–water partition coefficient (Wildman–Crippen LogP) is 2.63. The average molecular weight is 345 g/mol. The van der Waals surface area contributed by atoms with Crippen LogP contribution < -0.4 is 16.8 Å². The molecule has 3 rings (SSSR count). The fourth-order valence-corrected chi connectivity index (χ4v) is 3.12. The van der Waals surface area contributed by atoms with Crippen molar-refractivity contribution in [2.75, 3.05) is 16.8 Å². The molecular weight excluding hydrogens is 336 g/mol. The molecule has 0 saturated carbocycles. The minimum Gasteiger partial charge on any atom is -0.397 e. The largest absolute Gasteiger partial charge is 0.397 e. The van der Waals surface area contributed by atoms with E-state index in [1.165, 1.54) is 12.3 Å². The molecule has 0 aliphatic carbocycles. The number of hydrogen-bond donors (Lipinski definition) is 3. The summed E-state index contributed by atoms with van der Waals surface area (Å²) in [7, 11) is 0. The number of aromatic nitrogens is 2. The zero-order chi connectivity index (χ0) is 16.6. The number of nitrogens with one attached hydrogen (secondary N) is 1. The summed E-state index contributed by atoms with van der Waals surface area (Å²) < 4.78 is 0. The smallest absolute Gasteiger partial charge is 0.268 e. The monoisotopic (exact) mass is 344 g/mol. The van der Waals surface area contributed by atoms with E-state index in [-0.39, 0.29) is 27.1 Å². The van der Waals surface area contributed by atoms with E-state index in [9.17, 15) is 4.79 Å². The highest BCUT2D eigenvalue weighted by atomic mass is 35.5. The number of carbonyl (C=O) groups is 1. The Labute approximate surface area is 139 Å². The van der Waals surface area contributed by atoms with Gasteiger partial charge in [-0.1, -0.05) is 11.6 Å². The molecule has 0 bridgehead atoms. The van der Waals surface area contributed by atoms with Gasteiger partial charge in [0.2, 0.25) is 0 Å². The van der Waals surface area contributed by atoms with Gasteiger partial charge in [0.05, 0.1) is 16.9 Å². The Kier molecular flexibility index (Phi) is 3.73. The third-order valence-corrected chi connectivity index (χ3v) is 4.50. The number of hydrogen-bond acceptors (Lipinski definition) is 7. The van der Waals surface area contributed by atoms with E-state index in [1.54, 1.807) is 12.1 Å². The first kappa shape index (κ1) is 15.0. The second kappa shape index (κ2) is 5.72. The fourth-order valence-electron chi connectivity index (χ4n) is 1.97. The van der Waals surface area contributed by atoms with Gasteiger partial charge in [-0.15, -0.1) is 11.3 Å². The SMILES string of the molecule is N#Cc1cc2c(N)c(C(=O)Nc3cccnc3Cl)sc2nc1N. The summed E-state index contributed by atoms with van der Waals surface area (Å²) in [6.07, 6.45) is 1.52. The van der Waals surface area contributed by atoms with Gasteiger partial charge in [-0.25, -0.2) is 9.97 Å². The number of amides is 1. The Morgan fingerprint density at radius 1 is 1.43 bits per heavy atom. The minimum atomic E-state index is -0.433. The molecule has 9 heteroatoms. The Balaban J connectivity index is 2.03. The van der Waals surface area contributed by atoms with Gasteiger partial charge in [0.25, 0.3) is 5.91 Å². The van der Waals surface area contributed by atoms with Gasteiger partial charge in [-0.3, -0.25) is 4.79 Å². The lowest BCUT2D eigenvalue weighted by Crippen LogP contribution is -2.12. The van der Waals surface area contributed by atoms with Gasteiger partial charge in [-0.2, -0.15) is 5.26 Å². The van der Waals surface area contributed by atoms with Gasteiger partial charge in [-0.05, 0) is 18.2 Å². The summed E-state index contributed by atoms with van der Waals surface area (Å²) in [5.74, 6) is -0.332. The highest BCUT2D eigenvalue weighted by Crippen LogP contribution is 2.35. The Morgan fingerprint density at radius 2 is 2.22 bits per heavy atom. The van der Waals surface area contributed by atoms with Crippen molar-refractivity contribution in [2.45, 2.75) is 0 Å². The summed E-state index contributed by atoms with van der Waals surface area (Å²) >= 11 is 7.01. The van der Waals surface area contributed by atoms with Crippen LogP contribution in [-0.2, 0) is 0 Å². The van der Waals surface area contributed by atoms with Gasteiger partial charge in [0.15, 0.2) is 5.15 Å². The molecule has 3 aromatic heterocycles. The number of carbonyl (C=O) groups excluding carboxylic acids is 1. The molecule has 114 valence electrons. The molecule has 0 unspecified atom stereocenters. The molecule has 0 atom stereocenters. The first-order valence-corrected chi connectivity index (χ1v) is 7.51. The van der Waals surface area contributed by atoms with Crippen LogP contribution in [0.5, 0.6) is 0 Å². The quantitative estimate of drug-likeness (QED) is 0.612. The van der Waals surface area contributed by atoms with Crippen molar-refractivity contribution in [3.05, 3.63) is 40.0 Å². The number of anilines is 3. The number of nitriles is 1. The number of halogens is 1. The maximum atomic E-state index is 12.4. The van der Waals surface area contributed by atoms with Crippen LogP contribution in [0.1, 0.15) is 15.2 Å². The van der Waals surface area contributed by atoms with Crippen LogP contribution in [-0.4, -0.2) is 15.9 Å². The average Bonchev–Trinajstić information content (AvgIpc) is 2.85. The Hall–Kier alpha value is -2.89. The summed E-state index contributed by atoms with van der Waals surface area (Å²) in [6.45, 7) is 0. The van der Waals surface area contributed by atoms with Crippen molar-refractivity contribution >= 4 is 56.3 Å².